The number of rotatable bonds is 6. The summed E-state index contributed by atoms with van der Waals surface area (Å²) in [6.45, 7) is 1.50. The van der Waals surface area contributed by atoms with Gasteiger partial charge in [-0.15, -0.1) is 0 Å². The van der Waals surface area contributed by atoms with E-state index < -0.39 is 45.9 Å². The second kappa shape index (κ2) is 9.41. The predicted octanol–water partition coefficient (Wildman–Crippen LogP) is 4.14. The molecule has 4 rings (SSSR count). The van der Waals surface area contributed by atoms with Gasteiger partial charge in [-0.05, 0) is 43.4 Å². The van der Waals surface area contributed by atoms with Crippen LogP contribution < -0.4 is 0 Å². The highest BCUT2D eigenvalue weighted by atomic mass is 35.5. The van der Waals surface area contributed by atoms with E-state index in [2.05, 4.69) is 0 Å². The van der Waals surface area contributed by atoms with Crippen molar-refractivity contribution in [2.45, 2.75) is 32.7 Å². The monoisotopic (exact) mass is 500 g/mol. The standard InChI is InChI=1S/C23H21ClN4O7/c1-13-5-8-18-19(9-13)23(31)26(22(18)30)25(12-15-6-7-16(24)11-20(15)28(34)35)21(29)14-3-2-4-17(10-14)27(32)33/h2-4,6-7,10-11,13,18-19H,5,8-9,12H2,1H3/t13-,18+,19-/m1/s1. The molecule has 0 unspecified atom stereocenters. The molecule has 2 aromatic rings. The number of non-ortho nitro benzene ring substituents is 1. The largest absolute Gasteiger partial charge is 0.275 e. The van der Waals surface area contributed by atoms with Crippen molar-refractivity contribution in [1.29, 1.82) is 0 Å². The third-order valence-corrected chi connectivity index (χ3v) is 6.74. The lowest BCUT2D eigenvalue weighted by Gasteiger charge is -2.30. The predicted molar refractivity (Wildman–Crippen MR) is 123 cm³/mol. The zero-order valence-electron chi connectivity index (χ0n) is 18.6. The van der Waals surface area contributed by atoms with E-state index in [-0.39, 0.29) is 33.4 Å². The van der Waals surface area contributed by atoms with Crippen LogP contribution in [0.2, 0.25) is 5.02 Å². The fraction of sp³-hybridized carbons (Fsp3) is 0.348. The number of imide groups is 1. The molecule has 35 heavy (non-hydrogen) atoms. The summed E-state index contributed by atoms with van der Waals surface area (Å²) in [5, 5.41) is 24.6. The number of hydrogen-bond donors (Lipinski definition) is 0. The normalized spacial score (nSPS) is 21.5. The maximum Gasteiger partial charge on any atom is 0.275 e. The maximum absolute atomic E-state index is 13.6. The van der Waals surface area contributed by atoms with Gasteiger partial charge in [0.05, 0.1) is 33.8 Å². The van der Waals surface area contributed by atoms with Gasteiger partial charge in [-0.2, -0.15) is 5.01 Å². The van der Waals surface area contributed by atoms with E-state index in [4.69, 9.17) is 11.6 Å². The Morgan fingerprint density at radius 3 is 2.46 bits per heavy atom. The first kappa shape index (κ1) is 24.3. The molecule has 1 heterocycles. The number of fused-ring (bicyclic) bond motifs is 1. The molecular formula is C23H21ClN4O7. The van der Waals surface area contributed by atoms with Gasteiger partial charge in [0.2, 0.25) is 0 Å². The fourth-order valence-corrected chi connectivity index (χ4v) is 4.91. The number of benzene rings is 2. The van der Waals surface area contributed by atoms with Crippen LogP contribution in [0.3, 0.4) is 0 Å². The molecule has 0 bridgehead atoms. The van der Waals surface area contributed by atoms with E-state index in [0.29, 0.717) is 12.8 Å². The molecule has 1 saturated carbocycles. The Morgan fingerprint density at radius 2 is 1.77 bits per heavy atom. The molecule has 1 aliphatic carbocycles. The number of nitro benzene ring substituents is 2. The number of carbonyl (C=O) groups is 3. The van der Waals surface area contributed by atoms with E-state index in [0.717, 1.165) is 28.6 Å². The SMILES string of the molecule is C[C@@H]1CC[C@@H]2C(=O)N(N(Cc3ccc(Cl)cc3[N+](=O)[O-])C(=O)c3cccc([N+](=O)[O-])c3)C(=O)[C@@H]2C1. The Labute approximate surface area is 204 Å². The van der Waals surface area contributed by atoms with Crippen LogP contribution in [0, 0.1) is 38.0 Å². The van der Waals surface area contributed by atoms with Crippen molar-refractivity contribution in [2.75, 3.05) is 0 Å². The van der Waals surface area contributed by atoms with Gasteiger partial charge in [-0.25, -0.2) is 5.01 Å². The van der Waals surface area contributed by atoms with E-state index in [1.165, 1.54) is 30.3 Å². The molecule has 0 aromatic heterocycles. The van der Waals surface area contributed by atoms with Crippen LogP contribution in [0.15, 0.2) is 42.5 Å². The molecule has 182 valence electrons. The highest BCUT2D eigenvalue weighted by Gasteiger charge is 2.52. The first-order chi connectivity index (χ1) is 16.6. The Bertz CT molecular complexity index is 1250. The zero-order chi connectivity index (χ0) is 25.4. The van der Waals surface area contributed by atoms with Crippen molar-refractivity contribution in [3.05, 3.63) is 78.8 Å². The molecule has 0 radical (unpaired) electrons. The average molecular weight is 501 g/mol. The highest BCUT2D eigenvalue weighted by Crippen LogP contribution is 2.42. The van der Waals surface area contributed by atoms with Crippen LogP contribution in [0.4, 0.5) is 11.4 Å². The first-order valence-corrected chi connectivity index (χ1v) is 11.3. The minimum Gasteiger partial charge on any atom is -0.272 e. The molecule has 0 N–H and O–H groups in total. The smallest absolute Gasteiger partial charge is 0.272 e. The number of amides is 3. The Hall–Kier alpha value is -3.86. The lowest BCUT2D eigenvalue weighted by atomic mass is 9.76. The van der Waals surface area contributed by atoms with Gasteiger partial charge in [0.15, 0.2) is 0 Å². The van der Waals surface area contributed by atoms with Gasteiger partial charge in [-0.1, -0.05) is 24.6 Å². The number of hydrazine groups is 1. The summed E-state index contributed by atoms with van der Waals surface area (Å²) >= 11 is 5.91. The molecular weight excluding hydrogens is 480 g/mol. The number of nitrogens with zero attached hydrogens (tertiary/aromatic N) is 4. The van der Waals surface area contributed by atoms with Crippen molar-refractivity contribution >= 4 is 40.7 Å². The number of halogens is 1. The topological polar surface area (TPSA) is 144 Å². The Kier molecular flexibility index (Phi) is 6.53. The molecule has 1 aliphatic heterocycles. The van der Waals surface area contributed by atoms with Crippen LogP contribution in [0.25, 0.3) is 0 Å². The van der Waals surface area contributed by atoms with E-state index >= 15 is 0 Å². The zero-order valence-corrected chi connectivity index (χ0v) is 19.4. The summed E-state index contributed by atoms with van der Waals surface area (Å²) in [5.74, 6) is -2.92. The van der Waals surface area contributed by atoms with Crippen LogP contribution in [-0.2, 0) is 16.1 Å². The summed E-state index contributed by atoms with van der Waals surface area (Å²) in [6, 6.07) is 8.71. The molecule has 2 aliphatic rings. The van der Waals surface area contributed by atoms with E-state index in [1.54, 1.807) is 0 Å². The van der Waals surface area contributed by atoms with Crippen molar-refractivity contribution in [3.63, 3.8) is 0 Å². The maximum atomic E-state index is 13.6. The summed E-state index contributed by atoms with van der Waals surface area (Å²) in [7, 11) is 0. The molecule has 2 fully saturated rings. The second-order valence-electron chi connectivity index (χ2n) is 8.82. The minimum atomic E-state index is -0.869. The summed E-state index contributed by atoms with van der Waals surface area (Å²) < 4.78 is 0. The van der Waals surface area contributed by atoms with Crippen LogP contribution >= 0.6 is 11.6 Å². The third-order valence-electron chi connectivity index (χ3n) is 6.51. The van der Waals surface area contributed by atoms with Crippen molar-refractivity contribution in [1.82, 2.24) is 10.0 Å². The third kappa shape index (κ3) is 4.59. The average Bonchev–Trinajstić information content (AvgIpc) is 3.07. The van der Waals surface area contributed by atoms with Crippen molar-refractivity contribution in [3.8, 4) is 0 Å². The van der Waals surface area contributed by atoms with Gasteiger partial charge in [0.1, 0.15) is 0 Å². The number of nitro groups is 2. The van der Waals surface area contributed by atoms with Crippen molar-refractivity contribution < 1.29 is 24.2 Å². The lowest BCUT2D eigenvalue weighted by molar-refractivity contribution is -0.385. The molecule has 12 heteroatoms. The summed E-state index contributed by atoms with van der Waals surface area (Å²) in [4.78, 5) is 61.8. The molecule has 3 amide bonds. The Balaban J connectivity index is 1.79. The van der Waals surface area contributed by atoms with Crippen LogP contribution in [-0.4, -0.2) is 37.6 Å². The summed E-state index contributed by atoms with van der Waals surface area (Å²) in [5.41, 5.74) is -0.837. The van der Waals surface area contributed by atoms with Gasteiger partial charge >= 0.3 is 0 Å². The lowest BCUT2D eigenvalue weighted by Crippen LogP contribution is -2.49. The Morgan fingerprint density at radius 1 is 1.06 bits per heavy atom. The molecule has 11 nitrogen and oxygen atoms in total. The van der Waals surface area contributed by atoms with Crippen molar-refractivity contribution in [2.24, 2.45) is 17.8 Å². The molecule has 0 spiro atoms. The first-order valence-electron chi connectivity index (χ1n) is 10.9. The van der Waals surface area contributed by atoms with Gasteiger partial charge in [0.25, 0.3) is 29.1 Å². The quantitative estimate of drug-likeness (QED) is 0.329. The fourth-order valence-electron chi connectivity index (χ4n) is 4.75. The number of hydrogen-bond acceptors (Lipinski definition) is 7. The summed E-state index contributed by atoms with van der Waals surface area (Å²) in [6.07, 6.45) is 1.74. The van der Waals surface area contributed by atoms with Crippen LogP contribution in [0.5, 0.6) is 0 Å². The highest BCUT2D eigenvalue weighted by molar-refractivity contribution is 6.30. The van der Waals surface area contributed by atoms with E-state index in [9.17, 15) is 34.6 Å². The van der Waals surface area contributed by atoms with Gasteiger partial charge in [0, 0.05) is 28.8 Å². The van der Waals surface area contributed by atoms with Gasteiger partial charge < -0.3 is 0 Å². The molecule has 3 atom stereocenters. The van der Waals surface area contributed by atoms with Gasteiger partial charge in [-0.3, -0.25) is 34.6 Å². The van der Waals surface area contributed by atoms with E-state index in [1.807, 2.05) is 6.92 Å². The molecule has 1 saturated heterocycles. The number of carbonyl (C=O) groups excluding carboxylic acids is 3. The minimum absolute atomic E-state index is 0.0435. The second-order valence-corrected chi connectivity index (χ2v) is 9.26. The van der Waals surface area contributed by atoms with Crippen LogP contribution in [0.1, 0.15) is 42.1 Å². The molecule has 2 aromatic carbocycles.